The van der Waals surface area contributed by atoms with Crippen molar-refractivity contribution in [1.29, 1.82) is 0 Å². The van der Waals surface area contributed by atoms with Crippen LogP contribution in [0.25, 0.3) is 0 Å². The van der Waals surface area contributed by atoms with Gasteiger partial charge in [0.1, 0.15) is 0 Å². The largest absolute Gasteiger partial charge is 0.376 e. The number of ether oxygens (including phenoxy) is 1. The Hall–Kier alpha value is -0.940. The molecular weight excluding hydrogens is 180 g/mol. The summed E-state index contributed by atoms with van der Waals surface area (Å²) in [6, 6.07) is -0.102. The normalized spacial score (nSPS) is 24.9. The lowest BCUT2D eigenvalue weighted by Gasteiger charge is -2.27. The number of rotatable bonds is 2. The number of hydrogen-bond acceptors (Lipinski definition) is 4. The molecule has 1 aliphatic rings. The molecule has 0 bridgehead atoms. The first-order valence-corrected chi connectivity index (χ1v) is 5.01. The highest BCUT2D eigenvalue weighted by molar-refractivity contribution is 5.03. The van der Waals surface area contributed by atoms with Crippen LogP contribution in [0, 0.1) is 0 Å². The van der Waals surface area contributed by atoms with Gasteiger partial charge in [0.15, 0.2) is 0 Å². The summed E-state index contributed by atoms with van der Waals surface area (Å²) in [6.45, 7) is 0.823. The van der Waals surface area contributed by atoms with Crippen LogP contribution in [0.15, 0.2) is 6.20 Å². The number of hydrogen-bond donors (Lipinski definition) is 1. The number of nitrogens with two attached hydrogens (primary N) is 1. The zero-order valence-corrected chi connectivity index (χ0v) is 8.39. The van der Waals surface area contributed by atoms with Gasteiger partial charge >= 0.3 is 0 Å². The monoisotopic (exact) mass is 196 g/mol. The predicted molar refractivity (Wildman–Crippen MR) is 51.5 cm³/mol. The zero-order chi connectivity index (χ0) is 9.97. The van der Waals surface area contributed by atoms with Gasteiger partial charge in [-0.05, 0) is 19.3 Å². The van der Waals surface area contributed by atoms with Gasteiger partial charge in [-0.2, -0.15) is 0 Å². The molecule has 1 saturated heterocycles. The van der Waals surface area contributed by atoms with Crippen LogP contribution in [-0.4, -0.2) is 27.7 Å². The van der Waals surface area contributed by atoms with Crippen LogP contribution in [-0.2, 0) is 11.8 Å². The molecule has 1 aliphatic heterocycles. The third kappa shape index (κ3) is 1.78. The number of aromatic nitrogens is 3. The van der Waals surface area contributed by atoms with E-state index in [4.69, 9.17) is 10.5 Å². The summed E-state index contributed by atoms with van der Waals surface area (Å²) in [5.41, 5.74) is 7.03. The Morgan fingerprint density at radius 3 is 3.07 bits per heavy atom. The van der Waals surface area contributed by atoms with Gasteiger partial charge in [-0.3, -0.25) is 4.68 Å². The quantitative estimate of drug-likeness (QED) is 0.742. The first kappa shape index (κ1) is 9.61. The van der Waals surface area contributed by atoms with Gasteiger partial charge in [0.2, 0.25) is 0 Å². The lowest BCUT2D eigenvalue weighted by molar-refractivity contribution is -0.00144. The fourth-order valence-electron chi connectivity index (χ4n) is 1.84. The molecule has 2 atom stereocenters. The molecule has 2 rings (SSSR count). The minimum atomic E-state index is -0.102. The summed E-state index contributed by atoms with van der Waals surface area (Å²) in [6.07, 6.45) is 5.21. The molecule has 0 spiro atoms. The fraction of sp³-hybridized carbons (Fsp3) is 0.778. The average Bonchev–Trinajstić information content (AvgIpc) is 2.65. The van der Waals surface area contributed by atoms with Gasteiger partial charge < -0.3 is 10.5 Å². The summed E-state index contributed by atoms with van der Waals surface area (Å²) in [5.74, 6) is 0. The molecule has 0 amide bonds. The van der Waals surface area contributed by atoms with Crippen molar-refractivity contribution in [1.82, 2.24) is 15.0 Å². The Balaban J connectivity index is 2.07. The Morgan fingerprint density at radius 2 is 2.50 bits per heavy atom. The van der Waals surface area contributed by atoms with Crippen LogP contribution in [0.1, 0.15) is 31.0 Å². The van der Waals surface area contributed by atoms with Crippen molar-refractivity contribution < 1.29 is 4.74 Å². The van der Waals surface area contributed by atoms with E-state index in [0.717, 1.165) is 25.1 Å². The SMILES string of the molecule is Cn1nncc1C(N)C1CCCCO1. The Kier molecular flexibility index (Phi) is 2.79. The maximum absolute atomic E-state index is 6.09. The molecule has 0 aromatic carbocycles. The lowest BCUT2D eigenvalue weighted by Crippen LogP contribution is -2.33. The fourth-order valence-corrected chi connectivity index (χ4v) is 1.84. The van der Waals surface area contributed by atoms with Crippen molar-refractivity contribution >= 4 is 0 Å². The van der Waals surface area contributed by atoms with Gasteiger partial charge in [-0.1, -0.05) is 5.21 Å². The summed E-state index contributed by atoms with van der Waals surface area (Å²) in [4.78, 5) is 0. The van der Waals surface area contributed by atoms with Crippen LogP contribution in [0.3, 0.4) is 0 Å². The van der Waals surface area contributed by atoms with Crippen molar-refractivity contribution in [3.05, 3.63) is 11.9 Å². The molecule has 78 valence electrons. The smallest absolute Gasteiger partial charge is 0.0783 e. The third-order valence-corrected chi connectivity index (χ3v) is 2.71. The molecule has 2 heterocycles. The molecule has 0 saturated carbocycles. The van der Waals surface area contributed by atoms with Crippen LogP contribution in [0.2, 0.25) is 0 Å². The van der Waals surface area contributed by atoms with Crippen molar-refractivity contribution in [2.45, 2.75) is 31.4 Å². The average molecular weight is 196 g/mol. The van der Waals surface area contributed by atoms with Crippen LogP contribution in [0.4, 0.5) is 0 Å². The summed E-state index contributed by atoms with van der Waals surface area (Å²) >= 11 is 0. The maximum Gasteiger partial charge on any atom is 0.0783 e. The van der Waals surface area contributed by atoms with Gasteiger partial charge in [-0.25, -0.2) is 0 Å². The summed E-state index contributed by atoms with van der Waals surface area (Å²) in [5, 5.41) is 7.68. The Morgan fingerprint density at radius 1 is 1.64 bits per heavy atom. The second-order valence-corrected chi connectivity index (χ2v) is 3.71. The second-order valence-electron chi connectivity index (χ2n) is 3.71. The van der Waals surface area contributed by atoms with Crippen molar-refractivity contribution in [3.8, 4) is 0 Å². The molecule has 1 aromatic rings. The molecule has 2 N–H and O–H groups in total. The molecule has 0 aliphatic carbocycles. The van der Waals surface area contributed by atoms with Gasteiger partial charge in [0, 0.05) is 13.7 Å². The summed E-state index contributed by atoms with van der Waals surface area (Å²) < 4.78 is 7.34. The van der Waals surface area contributed by atoms with E-state index in [1.165, 1.54) is 6.42 Å². The molecule has 1 fully saturated rings. The van der Waals surface area contributed by atoms with E-state index in [0.29, 0.717) is 0 Å². The zero-order valence-electron chi connectivity index (χ0n) is 8.39. The van der Waals surface area contributed by atoms with Crippen molar-refractivity contribution in [2.75, 3.05) is 6.61 Å². The Labute approximate surface area is 83.2 Å². The van der Waals surface area contributed by atoms with Gasteiger partial charge in [-0.15, -0.1) is 5.10 Å². The molecule has 1 aromatic heterocycles. The molecule has 0 radical (unpaired) electrons. The highest BCUT2D eigenvalue weighted by Crippen LogP contribution is 2.23. The van der Waals surface area contributed by atoms with E-state index < -0.39 is 0 Å². The lowest BCUT2D eigenvalue weighted by atomic mass is 10.0. The van der Waals surface area contributed by atoms with Gasteiger partial charge in [0.05, 0.1) is 24.0 Å². The highest BCUT2D eigenvalue weighted by atomic mass is 16.5. The second kappa shape index (κ2) is 4.06. The van der Waals surface area contributed by atoms with Crippen molar-refractivity contribution in [2.24, 2.45) is 12.8 Å². The third-order valence-electron chi connectivity index (χ3n) is 2.71. The van der Waals surface area contributed by atoms with Crippen LogP contribution in [0.5, 0.6) is 0 Å². The van der Waals surface area contributed by atoms with E-state index >= 15 is 0 Å². The van der Waals surface area contributed by atoms with E-state index in [-0.39, 0.29) is 12.1 Å². The Bertz CT molecular complexity index is 293. The van der Waals surface area contributed by atoms with E-state index in [9.17, 15) is 0 Å². The molecular formula is C9H16N4O. The number of nitrogens with zero attached hydrogens (tertiary/aromatic N) is 3. The number of aryl methyl sites for hydroxylation is 1. The standard InChI is InChI=1S/C9H16N4O/c1-13-7(6-11-12-13)9(10)8-4-2-3-5-14-8/h6,8-9H,2-5,10H2,1H3. The first-order chi connectivity index (χ1) is 6.79. The molecule has 5 heteroatoms. The minimum Gasteiger partial charge on any atom is -0.376 e. The van der Waals surface area contributed by atoms with Gasteiger partial charge in [0.25, 0.3) is 0 Å². The molecule has 5 nitrogen and oxygen atoms in total. The minimum absolute atomic E-state index is 0.102. The van der Waals surface area contributed by atoms with Crippen LogP contribution < -0.4 is 5.73 Å². The van der Waals surface area contributed by atoms with E-state index in [1.807, 2.05) is 7.05 Å². The topological polar surface area (TPSA) is 66.0 Å². The van der Waals surface area contributed by atoms with E-state index in [2.05, 4.69) is 10.3 Å². The molecule has 14 heavy (non-hydrogen) atoms. The highest BCUT2D eigenvalue weighted by Gasteiger charge is 2.24. The predicted octanol–water partition coefficient (Wildman–Crippen LogP) is 0.384. The first-order valence-electron chi connectivity index (χ1n) is 5.01. The maximum atomic E-state index is 6.09. The van der Waals surface area contributed by atoms with Crippen LogP contribution >= 0.6 is 0 Å². The van der Waals surface area contributed by atoms with E-state index in [1.54, 1.807) is 10.9 Å². The van der Waals surface area contributed by atoms with Crippen molar-refractivity contribution in [3.63, 3.8) is 0 Å². The molecule has 2 unspecified atom stereocenters. The summed E-state index contributed by atoms with van der Waals surface area (Å²) in [7, 11) is 1.85.